The average Bonchev–Trinajstić information content (AvgIpc) is 2.56. The van der Waals surface area contributed by atoms with Crippen molar-refractivity contribution in [2.45, 2.75) is 51.1 Å². The second-order valence-electron chi connectivity index (χ2n) is 4.62. The molecular formula is C11H22N2. The molecule has 0 aromatic carbocycles. The molecule has 1 saturated heterocycles. The third kappa shape index (κ3) is 2.44. The fraction of sp³-hybridized carbons (Fsp3) is 1.00. The molecule has 1 saturated carbocycles. The lowest BCUT2D eigenvalue weighted by molar-refractivity contribution is 0.211. The van der Waals surface area contributed by atoms with Crippen molar-refractivity contribution in [2.75, 3.05) is 19.6 Å². The van der Waals surface area contributed by atoms with E-state index >= 15 is 0 Å². The largest absolute Gasteiger partial charge is 0.313 e. The van der Waals surface area contributed by atoms with Crippen molar-refractivity contribution >= 4 is 0 Å². The Morgan fingerprint density at radius 2 is 1.85 bits per heavy atom. The Morgan fingerprint density at radius 3 is 2.62 bits per heavy atom. The average molecular weight is 182 g/mol. The van der Waals surface area contributed by atoms with Crippen molar-refractivity contribution < 1.29 is 0 Å². The first kappa shape index (κ1) is 9.47. The van der Waals surface area contributed by atoms with Gasteiger partial charge in [-0.15, -0.1) is 0 Å². The Kier molecular flexibility index (Phi) is 3.23. The maximum atomic E-state index is 3.56. The second-order valence-corrected chi connectivity index (χ2v) is 4.62. The lowest BCUT2D eigenvalue weighted by Crippen LogP contribution is -2.36. The number of nitrogens with zero attached hydrogens (tertiary/aromatic N) is 1. The minimum absolute atomic E-state index is 0.728. The second kappa shape index (κ2) is 4.43. The van der Waals surface area contributed by atoms with Crippen molar-refractivity contribution in [2.24, 2.45) is 0 Å². The molecule has 0 radical (unpaired) electrons. The van der Waals surface area contributed by atoms with E-state index in [4.69, 9.17) is 0 Å². The molecular weight excluding hydrogens is 160 g/mol. The fourth-order valence-electron chi connectivity index (χ4n) is 2.66. The first-order chi connectivity index (χ1) is 6.36. The zero-order chi connectivity index (χ0) is 9.10. The van der Waals surface area contributed by atoms with Gasteiger partial charge in [-0.2, -0.15) is 0 Å². The van der Waals surface area contributed by atoms with E-state index in [1.807, 2.05) is 0 Å². The molecule has 0 bridgehead atoms. The first-order valence-corrected chi connectivity index (χ1v) is 5.83. The van der Waals surface area contributed by atoms with E-state index < -0.39 is 0 Å². The smallest absolute Gasteiger partial charge is 0.0110 e. The Hall–Kier alpha value is -0.0800. The van der Waals surface area contributed by atoms with Crippen LogP contribution in [-0.4, -0.2) is 36.6 Å². The quantitative estimate of drug-likeness (QED) is 0.663. The van der Waals surface area contributed by atoms with E-state index in [0.29, 0.717) is 0 Å². The van der Waals surface area contributed by atoms with E-state index in [0.717, 1.165) is 12.1 Å². The van der Waals surface area contributed by atoms with Crippen LogP contribution >= 0.6 is 0 Å². The molecule has 1 aliphatic heterocycles. The van der Waals surface area contributed by atoms with Gasteiger partial charge in [0.15, 0.2) is 0 Å². The summed E-state index contributed by atoms with van der Waals surface area (Å²) >= 11 is 0. The van der Waals surface area contributed by atoms with E-state index in [2.05, 4.69) is 17.1 Å². The van der Waals surface area contributed by atoms with Gasteiger partial charge in [-0.1, -0.05) is 12.8 Å². The molecule has 2 rings (SSSR count). The molecule has 13 heavy (non-hydrogen) atoms. The highest BCUT2D eigenvalue weighted by Gasteiger charge is 2.23. The number of rotatable bonds is 1. The predicted octanol–water partition coefficient (Wildman–Crippen LogP) is 1.61. The van der Waals surface area contributed by atoms with Crippen LogP contribution in [0.1, 0.15) is 39.0 Å². The topological polar surface area (TPSA) is 15.3 Å². The van der Waals surface area contributed by atoms with Gasteiger partial charge < -0.3 is 5.32 Å². The predicted molar refractivity (Wildman–Crippen MR) is 55.9 cm³/mol. The Morgan fingerprint density at radius 1 is 1.08 bits per heavy atom. The maximum Gasteiger partial charge on any atom is 0.0110 e. The van der Waals surface area contributed by atoms with Crippen molar-refractivity contribution in [1.29, 1.82) is 0 Å². The summed E-state index contributed by atoms with van der Waals surface area (Å²) in [5.74, 6) is 0. The summed E-state index contributed by atoms with van der Waals surface area (Å²) in [5, 5.41) is 3.56. The summed E-state index contributed by atoms with van der Waals surface area (Å²) < 4.78 is 0. The summed E-state index contributed by atoms with van der Waals surface area (Å²) in [4.78, 5) is 2.71. The number of nitrogens with one attached hydrogen (secondary N) is 1. The minimum Gasteiger partial charge on any atom is -0.313 e. The van der Waals surface area contributed by atoms with Gasteiger partial charge in [-0.3, -0.25) is 4.90 Å². The monoisotopic (exact) mass is 182 g/mol. The maximum absolute atomic E-state index is 3.56. The summed E-state index contributed by atoms with van der Waals surface area (Å²) in [6.07, 6.45) is 7.16. The van der Waals surface area contributed by atoms with Crippen LogP contribution in [0.4, 0.5) is 0 Å². The summed E-state index contributed by atoms with van der Waals surface area (Å²) in [5.41, 5.74) is 0. The highest BCUT2D eigenvalue weighted by molar-refractivity contribution is 4.81. The van der Waals surface area contributed by atoms with E-state index in [-0.39, 0.29) is 0 Å². The third-order valence-corrected chi connectivity index (χ3v) is 3.58. The van der Waals surface area contributed by atoms with Crippen LogP contribution in [0.25, 0.3) is 0 Å². The normalized spacial score (nSPS) is 33.5. The van der Waals surface area contributed by atoms with Gasteiger partial charge in [0.05, 0.1) is 0 Å². The van der Waals surface area contributed by atoms with Crippen molar-refractivity contribution in [1.82, 2.24) is 10.2 Å². The van der Waals surface area contributed by atoms with Gasteiger partial charge in [0, 0.05) is 25.2 Å². The van der Waals surface area contributed by atoms with Crippen LogP contribution in [0.2, 0.25) is 0 Å². The molecule has 1 N–H and O–H groups in total. The molecule has 0 aromatic heterocycles. The molecule has 1 unspecified atom stereocenters. The number of hydrogen-bond donors (Lipinski definition) is 1. The molecule has 2 aliphatic rings. The Labute approximate surface area is 81.7 Å². The van der Waals surface area contributed by atoms with E-state index in [1.165, 1.54) is 51.7 Å². The van der Waals surface area contributed by atoms with Crippen molar-refractivity contribution in [3.05, 3.63) is 0 Å². The van der Waals surface area contributed by atoms with Gasteiger partial charge >= 0.3 is 0 Å². The van der Waals surface area contributed by atoms with Crippen LogP contribution in [0, 0.1) is 0 Å². The fourth-order valence-corrected chi connectivity index (χ4v) is 2.66. The number of hydrogen-bond acceptors (Lipinski definition) is 2. The highest BCUT2D eigenvalue weighted by Crippen LogP contribution is 2.23. The van der Waals surface area contributed by atoms with Crippen LogP contribution in [0.15, 0.2) is 0 Å². The zero-order valence-electron chi connectivity index (χ0n) is 8.76. The minimum atomic E-state index is 0.728. The van der Waals surface area contributed by atoms with Crippen molar-refractivity contribution in [3.8, 4) is 0 Å². The standard InChI is InChI=1S/C11H22N2/c1-10-6-8-13(9-7-12-10)11-4-2-3-5-11/h10-12H,2-9H2,1H3. The Balaban J connectivity index is 1.84. The lowest BCUT2D eigenvalue weighted by Gasteiger charge is -2.26. The molecule has 2 heteroatoms. The lowest BCUT2D eigenvalue weighted by atomic mass is 10.2. The van der Waals surface area contributed by atoms with Crippen LogP contribution in [0.5, 0.6) is 0 Å². The third-order valence-electron chi connectivity index (χ3n) is 3.58. The zero-order valence-corrected chi connectivity index (χ0v) is 8.76. The first-order valence-electron chi connectivity index (χ1n) is 5.83. The van der Waals surface area contributed by atoms with Gasteiger partial charge in [0.1, 0.15) is 0 Å². The summed E-state index contributed by atoms with van der Waals surface area (Å²) in [7, 11) is 0. The molecule has 0 aromatic rings. The van der Waals surface area contributed by atoms with Crippen molar-refractivity contribution in [3.63, 3.8) is 0 Å². The van der Waals surface area contributed by atoms with Gasteiger partial charge in [0.25, 0.3) is 0 Å². The molecule has 1 atom stereocenters. The highest BCUT2D eigenvalue weighted by atomic mass is 15.2. The van der Waals surface area contributed by atoms with Crippen LogP contribution in [0.3, 0.4) is 0 Å². The SMILES string of the molecule is CC1CCN(C2CCCC2)CCN1. The van der Waals surface area contributed by atoms with Crippen LogP contribution < -0.4 is 5.32 Å². The van der Waals surface area contributed by atoms with Gasteiger partial charge in [0.2, 0.25) is 0 Å². The Bertz CT molecular complexity index is 152. The van der Waals surface area contributed by atoms with E-state index in [1.54, 1.807) is 0 Å². The molecule has 2 nitrogen and oxygen atoms in total. The molecule has 76 valence electrons. The molecule has 0 amide bonds. The summed E-state index contributed by atoms with van der Waals surface area (Å²) in [6.45, 7) is 6.09. The summed E-state index contributed by atoms with van der Waals surface area (Å²) in [6, 6.07) is 1.65. The van der Waals surface area contributed by atoms with Gasteiger partial charge in [-0.25, -0.2) is 0 Å². The van der Waals surface area contributed by atoms with Gasteiger partial charge in [-0.05, 0) is 32.7 Å². The van der Waals surface area contributed by atoms with Crippen LogP contribution in [-0.2, 0) is 0 Å². The molecule has 2 fully saturated rings. The van der Waals surface area contributed by atoms with E-state index in [9.17, 15) is 0 Å². The molecule has 1 heterocycles. The molecule has 1 aliphatic carbocycles. The molecule has 0 spiro atoms.